The van der Waals surface area contributed by atoms with E-state index in [4.69, 9.17) is 11.5 Å². The van der Waals surface area contributed by atoms with Gasteiger partial charge in [-0.1, -0.05) is 0 Å². The van der Waals surface area contributed by atoms with Gasteiger partial charge < -0.3 is 16.8 Å². The lowest BCUT2D eigenvalue weighted by Gasteiger charge is -2.05. The van der Waals surface area contributed by atoms with Crippen LogP contribution in [0.5, 0.6) is 0 Å². The third-order valence-electron chi connectivity index (χ3n) is 1.96. The van der Waals surface area contributed by atoms with Gasteiger partial charge in [-0.25, -0.2) is 0 Å². The largest absolute Gasteiger partial charge is 0.399 e. The van der Waals surface area contributed by atoms with Crippen LogP contribution in [0, 0.1) is 6.92 Å². The second kappa shape index (κ2) is 4.45. The number of amides is 2. The summed E-state index contributed by atoms with van der Waals surface area (Å²) < 4.78 is 0. The SMILES string of the molecule is Cc1cc(C(=O)NCC(N)=O)ccc1N. The molecule has 0 heterocycles. The van der Waals surface area contributed by atoms with Gasteiger partial charge in [0.2, 0.25) is 5.91 Å². The number of benzene rings is 1. The Bertz CT molecular complexity index is 402. The molecule has 1 rings (SSSR count). The van der Waals surface area contributed by atoms with Gasteiger partial charge in [-0.15, -0.1) is 0 Å². The Morgan fingerprint density at radius 1 is 1.40 bits per heavy atom. The summed E-state index contributed by atoms with van der Waals surface area (Å²) in [6, 6.07) is 4.90. The smallest absolute Gasteiger partial charge is 0.251 e. The molecule has 0 saturated carbocycles. The fourth-order valence-corrected chi connectivity index (χ4v) is 1.09. The second-order valence-electron chi connectivity index (χ2n) is 3.22. The molecule has 0 aliphatic heterocycles. The number of carbonyl (C=O) groups excluding carboxylic acids is 2. The molecule has 0 aliphatic rings. The molecule has 1 aromatic carbocycles. The Balaban J connectivity index is 2.74. The van der Waals surface area contributed by atoms with Gasteiger partial charge in [0.15, 0.2) is 0 Å². The number of aryl methyl sites for hydroxylation is 1. The third kappa shape index (κ3) is 2.98. The monoisotopic (exact) mass is 207 g/mol. The van der Waals surface area contributed by atoms with Crippen molar-refractivity contribution in [2.45, 2.75) is 6.92 Å². The normalized spacial score (nSPS) is 9.67. The maximum absolute atomic E-state index is 11.5. The highest BCUT2D eigenvalue weighted by atomic mass is 16.2. The number of hydrogen-bond donors (Lipinski definition) is 3. The first-order valence-electron chi connectivity index (χ1n) is 4.43. The molecule has 0 saturated heterocycles. The Morgan fingerprint density at radius 3 is 2.60 bits per heavy atom. The molecule has 80 valence electrons. The van der Waals surface area contributed by atoms with Gasteiger partial charge in [-0.3, -0.25) is 9.59 Å². The lowest BCUT2D eigenvalue weighted by molar-refractivity contribution is -0.117. The highest BCUT2D eigenvalue weighted by molar-refractivity contribution is 5.96. The summed E-state index contributed by atoms with van der Waals surface area (Å²) in [4.78, 5) is 21.9. The third-order valence-corrected chi connectivity index (χ3v) is 1.96. The molecule has 5 nitrogen and oxygen atoms in total. The van der Waals surface area contributed by atoms with E-state index >= 15 is 0 Å². The number of nitrogens with one attached hydrogen (secondary N) is 1. The molecular formula is C10H13N3O2. The molecule has 0 radical (unpaired) electrons. The number of nitrogen functional groups attached to an aromatic ring is 1. The van der Waals surface area contributed by atoms with E-state index in [9.17, 15) is 9.59 Å². The minimum atomic E-state index is -0.574. The fourth-order valence-electron chi connectivity index (χ4n) is 1.09. The summed E-state index contributed by atoms with van der Waals surface area (Å²) in [5.74, 6) is -0.910. The van der Waals surface area contributed by atoms with Crippen molar-refractivity contribution in [1.29, 1.82) is 0 Å². The van der Waals surface area contributed by atoms with E-state index in [2.05, 4.69) is 5.32 Å². The van der Waals surface area contributed by atoms with Crippen molar-refractivity contribution in [1.82, 2.24) is 5.32 Å². The lowest BCUT2D eigenvalue weighted by Crippen LogP contribution is -2.33. The molecule has 0 bridgehead atoms. The Kier molecular flexibility index (Phi) is 3.28. The highest BCUT2D eigenvalue weighted by Crippen LogP contribution is 2.12. The molecule has 0 fully saturated rings. The van der Waals surface area contributed by atoms with Gasteiger partial charge in [0, 0.05) is 11.3 Å². The molecule has 5 N–H and O–H groups in total. The standard InChI is InChI=1S/C10H13N3O2/c1-6-4-7(2-3-8(6)11)10(15)13-5-9(12)14/h2-4H,5,11H2,1H3,(H2,12,14)(H,13,15). The van der Waals surface area contributed by atoms with Crippen LogP contribution in [0.15, 0.2) is 18.2 Å². The van der Waals surface area contributed by atoms with Crippen LogP contribution in [0.2, 0.25) is 0 Å². The molecule has 0 spiro atoms. The summed E-state index contributed by atoms with van der Waals surface area (Å²) in [6.07, 6.45) is 0. The van der Waals surface area contributed by atoms with Crippen LogP contribution in [0.3, 0.4) is 0 Å². The minimum absolute atomic E-state index is 0.164. The molecular weight excluding hydrogens is 194 g/mol. The Hall–Kier alpha value is -2.04. The molecule has 0 atom stereocenters. The predicted octanol–water partition coefficient (Wildman–Crippen LogP) is -0.208. The van der Waals surface area contributed by atoms with Crippen molar-refractivity contribution in [2.75, 3.05) is 12.3 Å². The van der Waals surface area contributed by atoms with Crippen LogP contribution >= 0.6 is 0 Å². The molecule has 15 heavy (non-hydrogen) atoms. The van der Waals surface area contributed by atoms with Crippen molar-refractivity contribution in [2.24, 2.45) is 5.73 Å². The summed E-state index contributed by atoms with van der Waals surface area (Å²) in [5, 5.41) is 2.39. The molecule has 5 heteroatoms. The average Bonchev–Trinajstić information content (AvgIpc) is 2.18. The maximum Gasteiger partial charge on any atom is 0.251 e. The van der Waals surface area contributed by atoms with E-state index in [0.717, 1.165) is 5.56 Å². The van der Waals surface area contributed by atoms with E-state index in [0.29, 0.717) is 11.3 Å². The zero-order valence-electron chi connectivity index (χ0n) is 8.41. The number of hydrogen-bond acceptors (Lipinski definition) is 3. The van der Waals surface area contributed by atoms with Gasteiger partial charge in [0.25, 0.3) is 5.91 Å². The first-order chi connectivity index (χ1) is 7.00. The first kappa shape index (κ1) is 11.0. The zero-order chi connectivity index (χ0) is 11.4. The van der Waals surface area contributed by atoms with Crippen molar-refractivity contribution in [3.8, 4) is 0 Å². The van der Waals surface area contributed by atoms with Crippen molar-refractivity contribution in [3.05, 3.63) is 29.3 Å². The summed E-state index contributed by atoms with van der Waals surface area (Å²) in [6.45, 7) is 1.64. The van der Waals surface area contributed by atoms with Gasteiger partial charge in [0.05, 0.1) is 6.54 Å². The predicted molar refractivity (Wildman–Crippen MR) is 57.1 cm³/mol. The van der Waals surface area contributed by atoms with Crippen molar-refractivity contribution >= 4 is 17.5 Å². The number of anilines is 1. The van der Waals surface area contributed by atoms with E-state index < -0.39 is 5.91 Å². The maximum atomic E-state index is 11.5. The van der Waals surface area contributed by atoms with Gasteiger partial charge in [0.1, 0.15) is 0 Å². The lowest BCUT2D eigenvalue weighted by atomic mass is 10.1. The van der Waals surface area contributed by atoms with E-state index in [1.54, 1.807) is 25.1 Å². The molecule has 2 amide bonds. The van der Waals surface area contributed by atoms with Crippen LogP contribution < -0.4 is 16.8 Å². The Morgan fingerprint density at radius 2 is 2.07 bits per heavy atom. The molecule has 0 aliphatic carbocycles. The number of nitrogens with two attached hydrogens (primary N) is 2. The van der Waals surface area contributed by atoms with Crippen LogP contribution in [-0.2, 0) is 4.79 Å². The topological polar surface area (TPSA) is 98.2 Å². The van der Waals surface area contributed by atoms with Crippen molar-refractivity contribution < 1.29 is 9.59 Å². The van der Waals surface area contributed by atoms with Crippen LogP contribution in [0.25, 0.3) is 0 Å². The summed E-state index contributed by atoms with van der Waals surface area (Å²) in [7, 11) is 0. The number of rotatable bonds is 3. The van der Waals surface area contributed by atoms with Crippen LogP contribution in [-0.4, -0.2) is 18.4 Å². The molecule has 1 aromatic rings. The van der Waals surface area contributed by atoms with Gasteiger partial charge in [-0.2, -0.15) is 0 Å². The van der Waals surface area contributed by atoms with Crippen LogP contribution in [0.1, 0.15) is 15.9 Å². The summed E-state index contributed by atoms with van der Waals surface area (Å²) in [5.41, 5.74) is 12.4. The average molecular weight is 207 g/mol. The number of carbonyl (C=O) groups is 2. The molecule has 0 unspecified atom stereocenters. The van der Waals surface area contributed by atoms with Crippen molar-refractivity contribution in [3.63, 3.8) is 0 Å². The summed E-state index contributed by atoms with van der Waals surface area (Å²) >= 11 is 0. The Labute approximate surface area is 87.4 Å². The zero-order valence-corrected chi connectivity index (χ0v) is 8.41. The number of primary amides is 1. The second-order valence-corrected chi connectivity index (χ2v) is 3.22. The molecule has 0 aromatic heterocycles. The van der Waals surface area contributed by atoms with E-state index in [-0.39, 0.29) is 12.5 Å². The van der Waals surface area contributed by atoms with Crippen LogP contribution in [0.4, 0.5) is 5.69 Å². The highest BCUT2D eigenvalue weighted by Gasteiger charge is 2.06. The first-order valence-corrected chi connectivity index (χ1v) is 4.43. The quantitative estimate of drug-likeness (QED) is 0.598. The van der Waals surface area contributed by atoms with Gasteiger partial charge >= 0.3 is 0 Å². The minimum Gasteiger partial charge on any atom is -0.399 e. The van der Waals surface area contributed by atoms with E-state index in [1.807, 2.05) is 0 Å². The fraction of sp³-hybridized carbons (Fsp3) is 0.200. The van der Waals surface area contributed by atoms with Gasteiger partial charge in [-0.05, 0) is 30.7 Å². The van der Waals surface area contributed by atoms with E-state index in [1.165, 1.54) is 0 Å².